The van der Waals surface area contributed by atoms with Crippen LogP contribution in [0.2, 0.25) is 0 Å². The van der Waals surface area contributed by atoms with E-state index in [4.69, 9.17) is 5.73 Å². The van der Waals surface area contributed by atoms with Crippen LogP contribution in [-0.4, -0.2) is 36.6 Å². The van der Waals surface area contributed by atoms with E-state index < -0.39 is 5.91 Å². The zero-order chi connectivity index (χ0) is 13.7. The Morgan fingerprint density at radius 2 is 2.11 bits per heavy atom. The van der Waals surface area contributed by atoms with Crippen molar-refractivity contribution < 1.29 is 14.3 Å². The molecule has 6 nitrogen and oxygen atoms in total. The molecule has 1 rings (SSSR count). The topological polar surface area (TPSA) is 85.5 Å². The van der Waals surface area contributed by atoms with E-state index in [0.29, 0.717) is 11.4 Å². The highest BCUT2D eigenvalue weighted by Gasteiger charge is 2.16. The minimum atomic E-state index is -0.530. The molecule has 6 heteroatoms. The molecule has 0 aliphatic rings. The van der Waals surface area contributed by atoms with Gasteiger partial charge in [0.05, 0.1) is 12.7 Å². The third-order valence-corrected chi connectivity index (χ3v) is 2.48. The van der Waals surface area contributed by atoms with E-state index in [1.807, 2.05) is 13.8 Å². The molecular formula is C12H17N3O3. The third-order valence-electron chi connectivity index (χ3n) is 2.48. The van der Waals surface area contributed by atoms with E-state index in [1.165, 1.54) is 13.3 Å². The van der Waals surface area contributed by atoms with Crippen molar-refractivity contribution in [2.24, 2.45) is 5.73 Å². The number of aromatic nitrogens is 1. The average molecular weight is 251 g/mol. The normalized spacial score (nSPS) is 10.2. The van der Waals surface area contributed by atoms with Gasteiger partial charge >= 0.3 is 5.97 Å². The maximum atomic E-state index is 11.3. The predicted octanol–water partition coefficient (Wildman–Crippen LogP) is 0.568. The highest BCUT2D eigenvalue weighted by atomic mass is 16.5. The Labute approximate surface area is 106 Å². The minimum absolute atomic E-state index is 0.0797. The average Bonchev–Trinajstić information content (AvgIpc) is 2.35. The Kier molecular flexibility index (Phi) is 4.65. The fraction of sp³-hybridized carbons (Fsp3) is 0.417. The quantitative estimate of drug-likeness (QED) is 0.773. The van der Waals surface area contributed by atoms with Crippen LogP contribution in [0.5, 0.6) is 0 Å². The molecule has 0 spiro atoms. The number of anilines is 1. The van der Waals surface area contributed by atoms with Crippen LogP contribution in [0.25, 0.3) is 0 Å². The van der Waals surface area contributed by atoms with Crippen LogP contribution in [0.15, 0.2) is 18.3 Å². The Balaban J connectivity index is 2.92. The number of ether oxygens (including phenoxy) is 1. The van der Waals surface area contributed by atoms with Crippen molar-refractivity contribution in [3.63, 3.8) is 0 Å². The lowest BCUT2D eigenvalue weighted by atomic mass is 10.2. The molecule has 1 amide bonds. The third kappa shape index (κ3) is 3.44. The standard InChI is InChI=1S/C12H17N3O3/c1-8(2)15(7-11(16)18-3)10-5-4-9(6-14-10)12(13)17/h4-6,8H,7H2,1-3H3,(H2,13,17). The van der Waals surface area contributed by atoms with Crippen LogP contribution >= 0.6 is 0 Å². The van der Waals surface area contributed by atoms with E-state index in [0.717, 1.165) is 0 Å². The minimum Gasteiger partial charge on any atom is -0.468 e. The maximum absolute atomic E-state index is 11.3. The highest BCUT2D eigenvalue weighted by Crippen LogP contribution is 2.14. The van der Waals surface area contributed by atoms with Gasteiger partial charge in [-0.25, -0.2) is 4.98 Å². The molecule has 1 heterocycles. The summed E-state index contributed by atoms with van der Waals surface area (Å²) >= 11 is 0. The SMILES string of the molecule is COC(=O)CN(c1ccc(C(N)=O)cn1)C(C)C. The molecular weight excluding hydrogens is 234 g/mol. The number of carbonyl (C=O) groups excluding carboxylic acids is 2. The Morgan fingerprint density at radius 1 is 1.44 bits per heavy atom. The van der Waals surface area contributed by atoms with Gasteiger partial charge in [0.15, 0.2) is 0 Å². The largest absolute Gasteiger partial charge is 0.468 e. The first-order valence-corrected chi connectivity index (χ1v) is 5.55. The first-order valence-electron chi connectivity index (χ1n) is 5.55. The molecule has 0 aliphatic heterocycles. The second-order valence-electron chi connectivity index (χ2n) is 4.07. The van der Waals surface area contributed by atoms with Crippen molar-refractivity contribution in [1.82, 2.24) is 4.98 Å². The van der Waals surface area contributed by atoms with Gasteiger partial charge in [-0.1, -0.05) is 0 Å². The number of nitrogens with zero attached hydrogens (tertiary/aromatic N) is 2. The van der Waals surface area contributed by atoms with Crippen molar-refractivity contribution in [3.8, 4) is 0 Å². The number of hydrogen-bond acceptors (Lipinski definition) is 5. The van der Waals surface area contributed by atoms with Gasteiger partial charge in [0.1, 0.15) is 12.4 Å². The number of methoxy groups -OCH3 is 1. The van der Waals surface area contributed by atoms with Crippen LogP contribution in [0.1, 0.15) is 24.2 Å². The molecule has 0 saturated carbocycles. The number of esters is 1. The number of amides is 1. The Hall–Kier alpha value is -2.11. The number of carbonyl (C=O) groups is 2. The molecule has 0 radical (unpaired) electrons. The molecule has 0 atom stereocenters. The summed E-state index contributed by atoms with van der Waals surface area (Å²) in [6.07, 6.45) is 1.39. The van der Waals surface area contributed by atoms with Gasteiger partial charge in [0, 0.05) is 12.2 Å². The number of primary amides is 1. The number of nitrogens with two attached hydrogens (primary N) is 1. The summed E-state index contributed by atoms with van der Waals surface area (Å²) in [5.41, 5.74) is 5.47. The summed E-state index contributed by atoms with van der Waals surface area (Å²) in [7, 11) is 1.34. The molecule has 0 bridgehead atoms. The summed E-state index contributed by atoms with van der Waals surface area (Å²) in [4.78, 5) is 28.1. The van der Waals surface area contributed by atoms with Crippen LogP contribution < -0.4 is 10.6 Å². The molecule has 0 saturated heterocycles. The summed E-state index contributed by atoms with van der Waals surface area (Å²) in [5.74, 6) is -0.275. The molecule has 1 aromatic heterocycles. The highest BCUT2D eigenvalue weighted by molar-refractivity contribution is 5.92. The lowest BCUT2D eigenvalue weighted by Crippen LogP contribution is -2.36. The van der Waals surface area contributed by atoms with E-state index in [1.54, 1.807) is 17.0 Å². The van der Waals surface area contributed by atoms with Gasteiger partial charge in [-0.05, 0) is 26.0 Å². The smallest absolute Gasteiger partial charge is 0.325 e. The molecule has 1 aromatic rings. The predicted molar refractivity (Wildman–Crippen MR) is 67.3 cm³/mol. The first-order chi connectivity index (χ1) is 8.45. The molecule has 0 aliphatic carbocycles. The molecule has 0 fully saturated rings. The summed E-state index contributed by atoms with van der Waals surface area (Å²) < 4.78 is 4.63. The first kappa shape index (κ1) is 14.0. The summed E-state index contributed by atoms with van der Waals surface area (Å²) in [6, 6.07) is 3.32. The zero-order valence-corrected chi connectivity index (χ0v) is 10.7. The van der Waals surface area contributed by atoms with E-state index in [2.05, 4.69) is 9.72 Å². The monoisotopic (exact) mass is 251 g/mol. The fourth-order valence-electron chi connectivity index (χ4n) is 1.43. The van der Waals surface area contributed by atoms with E-state index in [9.17, 15) is 9.59 Å². The fourth-order valence-corrected chi connectivity index (χ4v) is 1.43. The molecule has 98 valence electrons. The number of pyridine rings is 1. The zero-order valence-electron chi connectivity index (χ0n) is 10.7. The number of rotatable bonds is 5. The lowest BCUT2D eigenvalue weighted by Gasteiger charge is -2.26. The van der Waals surface area contributed by atoms with Crippen LogP contribution in [0.3, 0.4) is 0 Å². The Morgan fingerprint density at radius 3 is 2.50 bits per heavy atom. The molecule has 2 N–H and O–H groups in total. The molecule has 0 aromatic carbocycles. The summed E-state index contributed by atoms with van der Waals surface area (Å²) in [6.45, 7) is 3.98. The van der Waals surface area contributed by atoms with Gasteiger partial charge in [-0.15, -0.1) is 0 Å². The van der Waals surface area contributed by atoms with E-state index in [-0.39, 0.29) is 18.6 Å². The van der Waals surface area contributed by atoms with Gasteiger partial charge in [-0.2, -0.15) is 0 Å². The number of hydrogen-bond donors (Lipinski definition) is 1. The Bertz CT molecular complexity index is 429. The van der Waals surface area contributed by atoms with Gasteiger partial charge in [-0.3, -0.25) is 9.59 Å². The van der Waals surface area contributed by atoms with Crippen LogP contribution in [-0.2, 0) is 9.53 Å². The van der Waals surface area contributed by atoms with Crippen LogP contribution in [0, 0.1) is 0 Å². The lowest BCUT2D eigenvalue weighted by molar-refractivity contribution is -0.139. The van der Waals surface area contributed by atoms with Crippen LogP contribution in [0.4, 0.5) is 5.82 Å². The molecule has 18 heavy (non-hydrogen) atoms. The second kappa shape index (κ2) is 6.00. The molecule has 0 unspecified atom stereocenters. The summed E-state index contributed by atoms with van der Waals surface area (Å²) in [5, 5.41) is 0. The second-order valence-corrected chi connectivity index (χ2v) is 4.07. The van der Waals surface area contributed by atoms with Crippen molar-refractivity contribution in [3.05, 3.63) is 23.9 Å². The van der Waals surface area contributed by atoms with Gasteiger partial charge < -0.3 is 15.4 Å². The van der Waals surface area contributed by atoms with Crippen molar-refractivity contribution >= 4 is 17.7 Å². The maximum Gasteiger partial charge on any atom is 0.325 e. The van der Waals surface area contributed by atoms with E-state index >= 15 is 0 Å². The van der Waals surface area contributed by atoms with Crippen molar-refractivity contribution in [2.45, 2.75) is 19.9 Å². The van der Waals surface area contributed by atoms with Crippen molar-refractivity contribution in [2.75, 3.05) is 18.6 Å². The van der Waals surface area contributed by atoms with Gasteiger partial charge in [0.25, 0.3) is 0 Å². The van der Waals surface area contributed by atoms with Crippen molar-refractivity contribution in [1.29, 1.82) is 0 Å². The van der Waals surface area contributed by atoms with Gasteiger partial charge in [0.2, 0.25) is 5.91 Å².